The van der Waals surface area contributed by atoms with Crippen molar-refractivity contribution in [3.63, 3.8) is 0 Å². The van der Waals surface area contributed by atoms with Gasteiger partial charge in [-0.25, -0.2) is 0 Å². The quantitative estimate of drug-likeness (QED) is 0.483. The molecule has 0 saturated heterocycles. The van der Waals surface area contributed by atoms with Gasteiger partial charge in [0.15, 0.2) is 17.2 Å². The first-order valence-electron chi connectivity index (χ1n) is 5.28. The number of phenolic OH excluding ortho intramolecular Hbond substituents is 4. The van der Waals surface area contributed by atoms with Crippen molar-refractivity contribution in [3.8, 4) is 23.0 Å². The van der Waals surface area contributed by atoms with Crippen molar-refractivity contribution in [1.82, 2.24) is 0 Å². The zero-order valence-corrected chi connectivity index (χ0v) is 9.41. The first-order chi connectivity index (χ1) is 8.56. The minimum Gasteiger partial charge on any atom is -0.508 e. The number of aromatic hydroxyl groups is 4. The molecule has 4 heteroatoms. The van der Waals surface area contributed by atoms with Crippen molar-refractivity contribution in [3.05, 3.63) is 47.5 Å². The van der Waals surface area contributed by atoms with Crippen LogP contribution >= 0.6 is 0 Å². The molecule has 0 aliphatic rings. The molecule has 0 radical (unpaired) electrons. The second-order valence-corrected chi connectivity index (χ2v) is 3.84. The highest BCUT2D eigenvalue weighted by atomic mass is 16.3. The van der Waals surface area contributed by atoms with Crippen LogP contribution in [0.15, 0.2) is 36.4 Å². The van der Waals surface area contributed by atoms with E-state index in [1.54, 1.807) is 36.4 Å². The standard InChI is InChI=1S/C14H12O4/c15-11-3-1-2-9(6-11)4-5-10-7-12(16)14(18)13(17)8-10/h1-8,15-18H. The van der Waals surface area contributed by atoms with Crippen LogP contribution in [0.5, 0.6) is 23.0 Å². The minimum absolute atomic E-state index is 0.161. The van der Waals surface area contributed by atoms with E-state index in [9.17, 15) is 20.4 Å². The molecule has 0 unspecified atom stereocenters. The Labute approximate surface area is 104 Å². The van der Waals surface area contributed by atoms with E-state index in [-0.39, 0.29) is 17.2 Å². The van der Waals surface area contributed by atoms with E-state index in [0.717, 1.165) is 5.56 Å². The van der Waals surface area contributed by atoms with E-state index in [0.29, 0.717) is 5.56 Å². The number of phenols is 4. The molecular weight excluding hydrogens is 232 g/mol. The predicted molar refractivity (Wildman–Crippen MR) is 68.5 cm³/mol. The van der Waals surface area contributed by atoms with Crippen LogP contribution in [0.4, 0.5) is 0 Å². The molecule has 2 rings (SSSR count). The Bertz CT molecular complexity index is 579. The summed E-state index contributed by atoms with van der Waals surface area (Å²) in [4.78, 5) is 0. The van der Waals surface area contributed by atoms with Crippen LogP contribution in [0.3, 0.4) is 0 Å². The highest BCUT2D eigenvalue weighted by molar-refractivity contribution is 5.72. The Kier molecular flexibility index (Phi) is 3.10. The van der Waals surface area contributed by atoms with Crippen LogP contribution in [0.1, 0.15) is 11.1 Å². The van der Waals surface area contributed by atoms with Gasteiger partial charge >= 0.3 is 0 Å². The van der Waals surface area contributed by atoms with Crippen LogP contribution in [-0.4, -0.2) is 20.4 Å². The average Bonchev–Trinajstić information content (AvgIpc) is 2.33. The molecule has 2 aromatic rings. The van der Waals surface area contributed by atoms with Crippen LogP contribution < -0.4 is 0 Å². The van der Waals surface area contributed by atoms with Gasteiger partial charge in [-0.15, -0.1) is 0 Å². The van der Waals surface area contributed by atoms with Gasteiger partial charge < -0.3 is 20.4 Å². The molecule has 0 saturated carbocycles. The molecule has 0 bridgehead atoms. The molecule has 92 valence electrons. The fourth-order valence-electron chi connectivity index (χ4n) is 1.54. The van der Waals surface area contributed by atoms with Gasteiger partial charge in [-0.2, -0.15) is 0 Å². The Morgan fingerprint density at radius 2 is 1.33 bits per heavy atom. The maximum atomic E-state index is 9.34. The fourth-order valence-corrected chi connectivity index (χ4v) is 1.54. The monoisotopic (exact) mass is 244 g/mol. The van der Waals surface area contributed by atoms with Crippen molar-refractivity contribution in [2.24, 2.45) is 0 Å². The second kappa shape index (κ2) is 4.71. The number of hydrogen-bond donors (Lipinski definition) is 4. The van der Waals surface area contributed by atoms with E-state index >= 15 is 0 Å². The van der Waals surface area contributed by atoms with Gasteiger partial charge in [0.2, 0.25) is 0 Å². The summed E-state index contributed by atoms with van der Waals surface area (Å²) in [5.74, 6) is -1.14. The summed E-state index contributed by atoms with van der Waals surface area (Å²) in [7, 11) is 0. The molecule has 18 heavy (non-hydrogen) atoms. The van der Waals surface area contributed by atoms with Crippen molar-refractivity contribution in [1.29, 1.82) is 0 Å². The van der Waals surface area contributed by atoms with Crippen LogP contribution in [0.25, 0.3) is 12.2 Å². The molecule has 2 aromatic carbocycles. The normalized spacial score (nSPS) is 10.9. The fraction of sp³-hybridized carbons (Fsp3) is 0. The first kappa shape index (κ1) is 11.9. The van der Waals surface area contributed by atoms with Crippen LogP contribution in [0.2, 0.25) is 0 Å². The Hall–Kier alpha value is -2.62. The third-order valence-corrected chi connectivity index (χ3v) is 2.43. The summed E-state index contributed by atoms with van der Waals surface area (Å²) in [5.41, 5.74) is 1.31. The molecule has 0 amide bonds. The lowest BCUT2D eigenvalue weighted by atomic mass is 10.1. The summed E-state index contributed by atoms with van der Waals surface area (Å²) in [6.45, 7) is 0. The predicted octanol–water partition coefficient (Wildman–Crippen LogP) is 2.68. The van der Waals surface area contributed by atoms with Gasteiger partial charge in [0.05, 0.1) is 0 Å². The molecule has 0 heterocycles. The summed E-state index contributed by atoms with van der Waals surface area (Å²) in [5, 5.41) is 37.2. The minimum atomic E-state index is -0.537. The van der Waals surface area contributed by atoms with Gasteiger partial charge in [-0.3, -0.25) is 0 Å². The van der Waals surface area contributed by atoms with Gasteiger partial charge in [0.25, 0.3) is 0 Å². The topological polar surface area (TPSA) is 80.9 Å². The molecule has 0 fully saturated rings. The molecule has 0 aromatic heterocycles. The Balaban J connectivity index is 2.29. The molecule has 4 N–H and O–H groups in total. The number of hydrogen-bond acceptors (Lipinski definition) is 4. The highest BCUT2D eigenvalue weighted by Gasteiger charge is 2.06. The summed E-state index contributed by atoms with van der Waals surface area (Å²) >= 11 is 0. The maximum Gasteiger partial charge on any atom is 0.200 e. The largest absolute Gasteiger partial charge is 0.508 e. The zero-order valence-electron chi connectivity index (χ0n) is 9.41. The third-order valence-electron chi connectivity index (χ3n) is 2.43. The van der Waals surface area contributed by atoms with E-state index in [2.05, 4.69) is 0 Å². The van der Waals surface area contributed by atoms with Crippen LogP contribution in [0, 0.1) is 0 Å². The molecule has 0 aliphatic heterocycles. The molecular formula is C14H12O4. The van der Waals surface area contributed by atoms with E-state index in [1.807, 2.05) is 0 Å². The number of rotatable bonds is 2. The lowest BCUT2D eigenvalue weighted by Crippen LogP contribution is -1.76. The first-order valence-corrected chi connectivity index (χ1v) is 5.28. The van der Waals surface area contributed by atoms with Gasteiger partial charge in [0, 0.05) is 0 Å². The smallest absolute Gasteiger partial charge is 0.200 e. The highest BCUT2D eigenvalue weighted by Crippen LogP contribution is 2.35. The SMILES string of the molecule is Oc1cccc(C=Cc2cc(O)c(O)c(O)c2)c1. The summed E-state index contributed by atoms with van der Waals surface area (Å²) in [6.07, 6.45) is 3.36. The van der Waals surface area contributed by atoms with E-state index in [1.165, 1.54) is 12.1 Å². The van der Waals surface area contributed by atoms with Crippen molar-refractivity contribution < 1.29 is 20.4 Å². The maximum absolute atomic E-state index is 9.34. The van der Waals surface area contributed by atoms with E-state index in [4.69, 9.17) is 0 Å². The third kappa shape index (κ3) is 2.55. The molecule has 4 nitrogen and oxygen atoms in total. The van der Waals surface area contributed by atoms with Crippen molar-refractivity contribution in [2.75, 3.05) is 0 Å². The summed E-state index contributed by atoms with van der Waals surface area (Å²) in [6, 6.07) is 9.31. The number of benzene rings is 2. The van der Waals surface area contributed by atoms with Crippen molar-refractivity contribution in [2.45, 2.75) is 0 Å². The van der Waals surface area contributed by atoms with Gasteiger partial charge in [-0.1, -0.05) is 24.3 Å². The van der Waals surface area contributed by atoms with Gasteiger partial charge in [-0.05, 0) is 35.4 Å². The van der Waals surface area contributed by atoms with Crippen molar-refractivity contribution >= 4 is 12.2 Å². The second-order valence-electron chi connectivity index (χ2n) is 3.84. The molecule has 0 spiro atoms. The van der Waals surface area contributed by atoms with E-state index < -0.39 is 5.75 Å². The Morgan fingerprint density at radius 3 is 1.94 bits per heavy atom. The molecule has 0 aliphatic carbocycles. The Morgan fingerprint density at radius 1 is 0.722 bits per heavy atom. The lowest BCUT2D eigenvalue weighted by Gasteiger charge is -2.02. The average molecular weight is 244 g/mol. The van der Waals surface area contributed by atoms with Crippen LogP contribution in [-0.2, 0) is 0 Å². The summed E-state index contributed by atoms with van der Waals surface area (Å²) < 4.78 is 0. The lowest BCUT2D eigenvalue weighted by molar-refractivity contribution is 0.368. The van der Waals surface area contributed by atoms with Gasteiger partial charge in [0.1, 0.15) is 5.75 Å². The zero-order chi connectivity index (χ0) is 13.1. The molecule has 0 atom stereocenters.